The summed E-state index contributed by atoms with van der Waals surface area (Å²) in [4.78, 5) is 21.6. The van der Waals surface area contributed by atoms with Crippen LogP contribution in [0.2, 0.25) is 0 Å². The molecule has 2 aromatic heterocycles. The average Bonchev–Trinajstić information content (AvgIpc) is 2.97. The Morgan fingerprint density at radius 3 is 2.50 bits per heavy atom. The number of hydrogen-bond acceptors (Lipinski definition) is 6. The van der Waals surface area contributed by atoms with Gasteiger partial charge in [-0.15, -0.1) is 5.10 Å². The molecule has 0 aliphatic rings. The van der Waals surface area contributed by atoms with E-state index < -0.39 is 5.97 Å². The van der Waals surface area contributed by atoms with E-state index in [-0.39, 0.29) is 17.3 Å². The molecule has 0 saturated carbocycles. The first-order chi connectivity index (χ1) is 11.5. The molecule has 3 aromatic rings. The number of aromatic carboxylic acids is 1. The van der Waals surface area contributed by atoms with Gasteiger partial charge in [-0.2, -0.15) is 0 Å². The molecule has 3 N–H and O–H groups in total. The normalized spacial score (nSPS) is 10.6. The SMILES string of the molecule is CN(C)c1ccc(-c2ccnc(-n3cc(C(=O)O)c(N)n3)n2)cc1. The van der Waals surface area contributed by atoms with Gasteiger partial charge in [-0.3, -0.25) is 0 Å². The number of benzene rings is 1. The highest BCUT2D eigenvalue weighted by molar-refractivity contribution is 5.92. The van der Waals surface area contributed by atoms with Crippen molar-refractivity contribution >= 4 is 17.5 Å². The summed E-state index contributed by atoms with van der Waals surface area (Å²) in [6, 6.07) is 9.68. The zero-order valence-electron chi connectivity index (χ0n) is 13.2. The molecule has 24 heavy (non-hydrogen) atoms. The zero-order valence-corrected chi connectivity index (χ0v) is 13.2. The molecule has 0 bridgehead atoms. The molecule has 0 radical (unpaired) electrons. The highest BCUT2D eigenvalue weighted by atomic mass is 16.4. The van der Waals surface area contributed by atoms with Gasteiger partial charge in [0.25, 0.3) is 5.95 Å². The molecular weight excluding hydrogens is 308 g/mol. The van der Waals surface area contributed by atoms with E-state index in [4.69, 9.17) is 10.8 Å². The van der Waals surface area contributed by atoms with E-state index in [0.717, 1.165) is 11.3 Å². The minimum absolute atomic E-state index is 0.0770. The minimum atomic E-state index is -1.14. The van der Waals surface area contributed by atoms with E-state index >= 15 is 0 Å². The second-order valence-electron chi connectivity index (χ2n) is 5.36. The van der Waals surface area contributed by atoms with E-state index in [0.29, 0.717) is 5.69 Å². The molecule has 0 saturated heterocycles. The summed E-state index contributed by atoms with van der Waals surface area (Å²) in [5.74, 6) is -0.968. The van der Waals surface area contributed by atoms with Gasteiger partial charge in [0.2, 0.25) is 0 Å². The topological polar surface area (TPSA) is 110 Å². The van der Waals surface area contributed by atoms with Crippen molar-refractivity contribution in [3.05, 3.63) is 48.3 Å². The smallest absolute Gasteiger partial charge is 0.341 e. The number of nitrogen functional groups attached to an aromatic ring is 1. The molecule has 0 spiro atoms. The van der Waals surface area contributed by atoms with Gasteiger partial charge < -0.3 is 15.7 Å². The average molecular weight is 324 g/mol. The van der Waals surface area contributed by atoms with Crippen LogP contribution in [-0.4, -0.2) is 44.9 Å². The lowest BCUT2D eigenvalue weighted by molar-refractivity contribution is 0.0698. The van der Waals surface area contributed by atoms with Crippen LogP contribution < -0.4 is 10.6 Å². The summed E-state index contributed by atoms with van der Waals surface area (Å²) in [6.45, 7) is 0. The Morgan fingerprint density at radius 2 is 1.92 bits per heavy atom. The van der Waals surface area contributed by atoms with Crippen molar-refractivity contribution in [2.75, 3.05) is 24.7 Å². The number of nitrogens with zero attached hydrogens (tertiary/aromatic N) is 5. The number of carbonyl (C=O) groups is 1. The fraction of sp³-hybridized carbons (Fsp3) is 0.125. The first-order valence-corrected chi connectivity index (χ1v) is 7.15. The van der Waals surface area contributed by atoms with Crippen molar-refractivity contribution in [3.63, 3.8) is 0 Å². The Bertz CT molecular complexity index is 886. The molecule has 2 heterocycles. The molecule has 0 aliphatic carbocycles. The molecule has 3 rings (SSSR count). The first-order valence-electron chi connectivity index (χ1n) is 7.15. The highest BCUT2D eigenvalue weighted by Crippen LogP contribution is 2.21. The Kier molecular flexibility index (Phi) is 3.87. The van der Waals surface area contributed by atoms with E-state index in [1.807, 2.05) is 43.3 Å². The number of carboxylic acid groups (broad SMARTS) is 1. The Morgan fingerprint density at radius 1 is 1.21 bits per heavy atom. The Labute approximate surface area is 138 Å². The molecule has 0 unspecified atom stereocenters. The predicted molar refractivity (Wildman–Crippen MR) is 90.3 cm³/mol. The number of anilines is 2. The van der Waals surface area contributed by atoms with Gasteiger partial charge in [0, 0.05) is 31.5 Å². The van der Waals surface area contributed by atoms with E-state index in [2.05, 4.69) is 15.1 Å². The third kappa shape index (κ3) is 2.89. The van der Waals surface area contributed by atoms with E-state index in [1.54, 1.807) is 12.3 Å². The number of aromatic nitrogens is 4. The van der Waals surface area contributed by atoms with Crippen LogP contribution in [0.3, 0.4) is 0 Å². The maximum atomic E-state index is 11.1. The summed E-state index contributed by atoms with van der Waals surface area (Å²) in [5, 5.41) is 13.0. The van der Waals surface area contributed by atoms with Gasteiger partial charge in [0.1, 0.15) is 5.56 Å². The van der Waals surface area contributed by atoms with Crippen LogP contribution in [0.15, 0.2) is 42.7 Å². The summed E-state index contributed by atoms with van der Waals surface area (Å²) in [7, 11) is 3.94. The van der Waals surface area contributed by atoms with Crippen LogP contribution >= 0.6 is 0 Å². The number of carboxylic acids is 1. The summed E-state index contributed by atoms with van der Waals surface area (Å²) in [6.07, 6.45) is 2.89. The van der Waals surface area contributed by atoms with Gasteiger partial charge in [-0.05, 0) is 18.2 Å². The van der Waals surface area contributed by atoms with Crippen molar-refractivity contribution < 1.29 is 9.90 Å². The Hall–Kier alpha value is -3.42. The fourth-order valence-corrected chi connectivity index (χ4v) is 2.20. The van der Waals surface area contributed by atoms with Crippen LogP contribution in [0, 0.1) is 0 Å². The summed E-state index contributed by atoms with van der Waals surface area (Å²) >= 11 is 0. The van der Waals surface area contributed by atoms with Gasteiger partial charge in [0.05, 0.1) is 11.9 Å². The van der Waals surface area contributed by atoms with Gasteiger partial charge in [-0.25, -0.2) is 19.4 Å². The lowest BCUT2D eigenvalue weighted by Crippen LogP contribution is -2.08. The van der Waals surface area contributed by atoms with Gasteiger partial charge in [0.15, 0.2) is 5.82 Å². The van der Waals surface area contributed by atoms with Crippen molar-refractivity contribution in [2.45, 2.75) is 0 Å². The van der Waals surface area contributed by atoms with Crippen molar-refractivity contribution in [1.29, 1.82) is 0 Å². The molecule has 8 nitrogen and oxygen atoms in total. The first kappa shape index (κ1) is 15.5. The van der Waals surface area contributed by atoms with Crippen LogP contribution in [0.4, 0.5) is 11.5 Å². The fourth-order valence-electron chi connectivity index (χ4n) is 2.20. The predicted octanol–water partition coefficient (Wildman–Crippen LogP) is 1.68. The lowest BCUT2D eigenvalue weighted by Gasteiger charge is -2.12. The molecule has 0 amide bonds. The third-order valence-corrected chi connectivity index (χ3v) is 3.50. The number of nitrogens with two attached hydrogens (primary N) is 1. The second-order valence-corrected chi connectivity index (χ2v) is 5.36. The van der Waals surface area contributed by atoms with Crippen LogP contribution in [0.1, 0.15) is 10.4 Å². The quantitative estimate of drug-likeness (QED) is 0.751. The van der Waals surface area contributed by atoms with Crippen LogP contribution in [-0.2, 0) is 0 Å². The summed E-state index contributed by atoms with van der Waals surface area (Å²) in [5.41, 5.74) is 8.22. The maximum absolute atomic E-state index is 11.1. The zero-order chi connectivity index (χ0) is 17.3. The molecular formula is C16H16N6O2. The van der Waals surface area contributed by atoms with Crippen LogP contribution in [0.25, 0.3) is 17.2 Å². The summed E-state index contributed by atoms with van der Waals surface area (Å²) < 4.78 is 1.26. The maximum Gasteiger partial charge on any atom is 0.341 e. The van der Waals surface area contributed by atoms with E-state index in [1.165, 1.54) is 10.9 Å². The van der Waals surface area contributed by atoms with Crippen molar-refractivity contribution in [1.82, 2.24) is 19.7 Å². The largest absolute Gasteiger partial charge is 0.477 e. The van der Waals surface area contributed by atoms with E-state index in [9.17, 15) is 4.79 Å². The molecule has 0 fully saturated rings. The molecule has 0 atom stereocenters. The highest BCUT2D eigenvalue weighted by Gasteiger charge is 2.15. The van der Waals surface area contributed by atoms with Crippen molar-refractivity contribution in [2.24, 2.45) is 0 Å². The number of hydrogen-bond donors (Lipinski definition) is 2. The van der Waals surface area contributed by atoms with Crippen molar-refractivity contribution in [3.8, 4) is 17.2 Å². The standard InChI is InChI=1S/C16H16N6O2/c1-21(2)11-5-3-10(4-6-11)13-7-8-18-16(19-13)22-9-12(15(23)24)14(17)20-22/h3-9H,1-2H3,(H2,17,20)(H,23,24). The van der Waals surface area contributed by atoms with Gasteiger partial charge in [-0.1, -0.05) is 12.1 Å². The number of rotatable bonds is 4. The monoisotopic (exact) mass is 324 g/mol. The lowest BCUT2D eigenvalue weighted by atomic mass is 10.1. The molecule has 1 aromatic carbocycles. The second kappa shape index (κ2) is 5.99. The van der Waals surface area contributed by atoms with Crippen LogP contribution in [0.5, 0.6) is 0 Å². The minimum Gasteiger partial charge on any atom is -0.477 e. The molecule has 0 aliphatic heterocycles. The Balaban J connectivity index is 1.97. The molecule has 8 heteroatoms. The third-order valence-electron chi connectivity index (χ3n) is 3.50. The van der Waals surface area contributed by atoms with Gasteiger partial charge >= 0.3 is 5.97 Å². The molecule has 122 valence electrons.